The molecule has 21 heavy (non-hydrogen) atoms. The maximum Gasteiger partial charge on any atom is 0.205 e. The number of nitriles is 1. The van der Waals surface area contributed by atoms with E-state index >= 15 is 0 Å². The molecule has 0 bridgehead atoms. The minimum absolute atomic E-state index is 0.0170. The van der Waals surface area contributed by atoms with Crippen LogP contribution in [0, 0.1) is 11.3 Å². The van der Waals surface area contributed by atoms with Gasteiger partial charge in [0.05, 0.1) is 22.1 Å². The number of fused-ring (bicyclic) bond motifs is 2. The fourth-order valence-corrected chi connectivity index (χ4v) is 4.24. The Morgan fingerprint density at radius 3 is 3.05 bits per heavy atom. The summed E-state index contributed by atoms with van der Waals surface area (Å²) in [5, 5.41) is 9.99. The standard InChI is InChI=1S/C17H12N2OS/c18-8-11-4-1-5-13-16(11)12(9-19-13)17(20)15-7-10-3-2-6-14(10)21-15/h1,4-5,7,9,19H,2-3,6H2. The number of nitrogens with one attached hydrogen (secondary N) is 1. The first-order valence-corrected chi connectivity index (χ1v) is 7.76. The maximum absolute atomic E-state index is 12.8. The molecule has 1 N–H and O–H groups in total. The number of nitrogens with zero attached hydrogens (tertiary/aromatic N) is 1. The predicted octanol–water partition coefficient (Wildman–Crippen LogP) is 3.82. The number of hydrogen-bond acceptors (Lipinski definition) is 3. The van der Waals surface area contributed by atoms with Crippen molar-refractivity contribution in [3.63, 3.8) is 0 Å². The molecule has 3 aromatic rings. The number of hydrogen-bond donors (Lipinski definition) is 1. The predicted molar refractivity (Wildman–Crippen MR) is 82.8 cm³/mol. The average Bonchev–Trinajstić information content (AvgIpc) is 3.19. The van der Waals surface area contributed by atoms with Gasteiger partial charge in [-0.15, -0.1) is 11.3 Å². The molecule has 0 fully saturated rings. The summed E-state index contributed by atoms with van der Waals surface area (Å²) < 4.78 is 0. The summed E-state index contributed by atoms with van der Waals surface area (Å²) in [5.74, 6) is 0.0170. The smallest absolute Gasteiger partial charge is 0.205 e. The molecule has 0 aliphatic heterocycles. The van der Waals surface area contributed by atoms with Crippen LogP contribution in [0.15, 0.2) is 30.5 Å². The average molecular weight is 292 g/mol. The zero-order chi connectivity index (χ0) is 14.4. The fourth-order valence-electron chi connectivity index (χ4n) is 3.03. The van der Waals surface area contributed by atoms with Gasteiger partial charge in [0.25, 0.3) is 0 Å². The molecule has 2 heterocycles. The zero-order valence-corrected chi connectivity index (χ0v) is 12.1. The van der Waals surface area contributed by atoms with Crippen LogP contribution in [0.5, 0.6) is 0 Å². The summed E-state index contributed by atoms with van der Waals surface area (Å²) >= 11 is 1.60. The van der Waals surface area contributed by atoms with E-state index in [1.807, 2.05) is 18.2 Å². The van der Waals surface area contributed by atoms with E-state index in [4.69, 9.17) is 0 Å². The van der Waals surface area contributed by atoms with Crippen molar-refractivity contribution in [3.8, 4) is 6.07 Å². The molecule has 0 atom stereocenters. The Labute approximate surface area is 125 Å². The molecule has 102 valence electrons. The van der Waals surface area contributed by atoms with Crippen molar-refractivity contribution in [1.82, 2.24) is 4.98 Å². The lowest BCUT2D eigenvalue weighted by Crippen LogP contribution is -1.98. The van der Waals surface area contributed by atoms with Crippen molar-refractivity contribution in [3.05, 3.63) is 56.9 Å². The van der Waals surface area contributed by atoms with E-state index < -0.39 is 0 Å². The molecule has 1 aliphatic rings. The lowest BCUT2D eigenvalue weighted by molar-refractivity contribution is 0.104. The van der Waals surface area contributed by atoms with Gasteiger partial charge in [0, 0.05) is 22.0 Å². The van der Waals surface area contributed by atoms with E-state index in [1.54, 1.807) is 23.6 Å². The van der Waals surface area contributed by atoms with Gasteiger partial charge >= 0.3 is 0 Å². The number of carbonyl (C=O) groups excluding carboxylic acids is 1. The Morgan fingerprint density at radius 2 is 2.24 bits per heavy atom. The van der Waals surface area contributed by atoms with Crippen molar-refractivity contribution < 1.29 is 4.79 Å². The Bertz CT molecular complexity index is 889. The highest BCUT2D eigenvalue weighted by molar-refractivity contribution is 7.14. The van der Waals surface area contributed by atoms with Crippen LogP contribution in [-0.2, 0) is 12.8 Å². The number of aromatic amines is 1. The normalized spacial score (nSPS) is 13.3. The first-order valence-electron chi connectivity index (χ1n) is 6.94. The number of thiophene rings is 1. The summed E-state index contributed by atoms with van der Waals surface area (Å²) in [4.78, 5) is 18.0. The van der Waals surface area contributed by atoms with Crippen LogP contribution >= 0.6 is 11.3 Å². The van der Waals surface area contributed by atoms with Crippen molar-refractivity contribution >= 4 is 28.0 Å². The summed E-state index contributed by atoms with van der Waals surface area (Å²) in [6.07, 6.45) is 5.08. The Balaban J connectivity index is 1.86. The Hall–Kier alpha value is -2.38. The highest BCUT2D eigenvalue weighted by Crippen LogP contribution is 2.33. The Kier molecular flexibility index (Phi) is 2.69. The minimum atomic E-state index is 0.0170. The van der Waals surface area contributed by atoms with Gasteiger partial charge in [-0.2, -0.15) is 5.26 Å². The van der Waals surface area contributed by atoms with Crippen LogP contribution in [0.25, 0.3) is 10.9 Å². The molecule has 0 amide bonds. The van der Waals surface area contributed by atoms with Gasteiger partial charge in [0.15, 0.2) is 0 Å². The molecular formula is C17H12N2OS. The van der Waals surface area contributed by atoms with Crippen molar-refractivity contribution in [2.75, 3.05) is 0 Å². The monoisotopic (exact) mass is 292 g/mol. The number of H-pyrrole nitrogens is 1. The molecule has 0 radical (unpaired) electrons. The quantitative estimate of drug-likeness (QED) is 0.730. The Morgan fingerprint density at radius 1 is 1.33 bits per heavy atom. The molecule has 1 aromatic carbocycles. The number of aromatic nitrogens is 1. The largest absolute Gasteiger partial charge is 0.360 e. The van der Waals surface area contributed by atoms with Crippen LogP contribution in [0.3, 0.4) is 0 Å². The van der Waals surface area contributed by atoms with Crippen LogP contribution in [0.4, 0.5) is 0 Å². The van der Waals surface area contributed by atoms with Gasteiger partial charge in [-0.3, -0.25) is 4.79 Å². The van der Waals surface area contributed by atoms with Crippen LogP contribution in [0.2, 0.25) is 0 Å². The van der Waals surface area contributed by atoms with Crippen molar-refractivity contribution in [2.45, 2.75) is 19.3 Å². The second-order valence-electron chi connectivity index (χ2n) is 5.28. The fraction of sp³-hybridized carbons (Fsp3) is 0.176. The van der Waals surface area contributed by atoms with E-state index in [2.05, 4.69) is 11.1 Å². The minimum Gasteiger partial charge on any atom is -0.360 e. The third kappa shape index (κ3) is 1.82. The second kappa shape index (κ2) is 4.57. The lowest BCUT2D eigenvalue weighted by atomic mass is 10.0. The molecule has 4 rings (SSSR count). The molecular weight excluding hydrogens is 280 g/mol. The molecule has 4 heteroatoms. The van der Waals surface area contributed by atoms with Crippen LogP contribution in [0.1, 0.15) is 37.7 Å². The number of aryl methyl sites for hydroxylation is 2. The number of ketones is 1. The molecule has 1 aliphatic carbocycles. The third-order valence-corrected chi connectivity index (χ3v) is 5.28. The maximum atomic E-state index is 12.8. The van der Waals surface area contributed by atoms with Gasteiger partial charge in [0.2, 0.25) is 5.78 Å². The van der Waals surface area contributed by atoms with E-state index in [1.165, 1.54) is 16.9 Å². The van der Waals surface area contributed by atoms with Crippen molar-refractivity contribution in [2.24, 2.45) is 0 Å². The molecule has 0 unspecified atom stereocenters. The molecule has 3 nitrogen and oxygen atoms in total. The van der Waals surface area contributed by atoms with E-state index in [-0.39, 0.29) is 5.78 Å². The summed E-state index contributed by atoms with van der Waals surface area (Å²) in [5.41, 5.74) is 3.30. The molecule has 0 spiro atoms. The van der Waals surface area contributed by atoms with E-state index in [9.17, 15) is 10.1 Å². The van der Waals surface area contributed by atoms with Gasteiger partial charge < -0.3 is 4.98 Å². The summed E-state index contributed by atoms with van der Waals surface area (Å²) in [6.45, 7) is 0. The van der Waals surface area contributed by atoms with Gasteiger partial charge in [-0.25, -0.2) is 0 Å². The first-order chi connectivity index (χ1) is 10.3. The van der Waals surface area contributed by atoms with Crippen LogP contribution < -0.4 is 0 Å². The zero-order valence-electron chi connectivity index (χ0n) is 11.3. The SMILES string of the molecule is N#Cc1cccc2[nH]cc(C(=O)c3cc4c(s3)CCC4)c12. The molecule has 0 saturated heterocycles. The third-order valence-electron chi connectivity index (χ3n) is 4.04. The van der Waals surface area contributed by atoms with Gasteiger partial charge in [-0.1, -0.05) is 6.07 Å². The topological polar surface area (TPSA) is 56.6 Å². The van der Waals surface area contributed by atoms with Crippen molar-refractivity contribution in [1.29, 1.82) is 5.26 Å². The van der Waals surface area contributed by atoms with Gasteiger partial charge in [-0.05, 0) is 43.0 Å². The summed E-state index contributed by atoms with van der Waals surface area (Å²) in [6, 6.07) is 9.67. The highest BCUT2D eigenvalue weighted by Gasteiger charge is 2.22. The first kappa shape index (κ1) is 12.4. The van der Waals surface area contributed by atoms with E-state index in [0.29, 0.717) is 11.1 Å². The summed E-state index contributed by atoms with van der Waals surface area (Å²) in [7, 11) is 0. The number of benzene rings is 1. The molecule has 2 aromatic heterocycles. The number of carbonyl (C=O) groups is 1. The number of rotatable bonds is 2. The molecule has 0 saturated carbocycles. The second-order valence-corrected chi connectivity index (χ2v) is 6.42. The lowest BCUT2D eigenvalue weighted by Gasteiger charge is -1.98. The van der Waals surface area contributed by atoms with Gasteiger partial charge in [0.1, 0.15) is 0 Å². The highest BCUT2D eigenvalue weighted by atomic mass is 32.1. The van der Waals surface area contributed by atoms with Crippen LogP contribution in [-0.4, -0.2) is 10.8 Å². The van der Waals surface area contributed by atoms with E-state index in [0.717, 1.165) is 28.6 Å².